The van der Waals surface area contributed by atoms with Crippen LogP contribution in [-0.4, -0.2) is 48.0 Å². The molecule has 0 bridgehead atoms. The third-order valence-corrected chi connectivity index (χ3v) is 6.50. The quantitative estimate of drug-likeness (QED) is 0.327. The fraction of sp³-hybridized carbons (Fsp3) is 0.167. The lowest BCUT2D eigenvalue weighted by atomic mass is 10.2. The number of anilines is 3. The summed E-state index contributed by atoms with van der Waals surface area (Å²) in [5.74, 6) is 1.37. The van der Waals surface area contributed by atoms with Crippen molar-refractivity contribution in [3.63, 3.8) is 0 Å². The maximum absolute atomic E-state index is 12.7. The Morgan fingerprint density at radius 3 is 2.13 bits per heavy atom. The molecule has 1 fully saturated rings. The SMILES string of the molecule is CN(C(=O)c1ccccn1)C1CCN(c2ccc(NC(=O)Nc3ccc(Oc4ccccc4)cc3)cc2)C1. The molecular weight excluding hydrogens is 478 g/mol. The first kappa shape index (κ1) is 24.8. The average molecular weight is 508 g/mol. The van der Waals surface area contributed by atoms with E-state index in [4.69, 9.17) is 4.74 Å². The van der Waals surface area contributed by atoms with E-state index in [1.165, 1.54) is 0 Å². The highest BCUT2D eigenvalue weighted by molar-refractivity contribution is 5.99. The van der Waals surface area contributed by atoms with Gasteiger partial charge in [-0.2, -0.15) is 0 Å². The van der Waals surface area contributed by atoms with Crippen LogP contribution in [0.3, 0.4) is 0 Å². The number of rotatable bonds is 7. The molecule has 8 nitrogen and oxygen atoms in total. The molecule has 8 heteroatoms. The number of nitrogens with one attached hydrogen (secondary N) is 2. The number of amides is 3. The van der Waals surface area contributed by atoms with Gasteiger partial charge in [0.05, 0.1) is 6.04 Å². The van der Waals surface area contributed by atoms with E-state index in [0.717, 1.165) is 30.9 Å². The van der Waals surface area contributed by atoms with E-state index in [9.17, 15) is 9.59 Å². The van der Waals surface area contributed by atoms with E-state index >= 15 is 0 Å². The summed E-state index contributed by atoms with van der Waals surface area (Å²) in [6.07, 6.45) is 2.52. The van der Waals surface area contributed by atoms with Crippen molar-refractivity contribution >= 4 is 29.0 Å². The zero-order chi connectivity index (χ0) is 26.3. The summed E-state index contributed by atoms with van der Waals surface area (Å²) in [6.45, 7) is 1.59. The first-order valence-corrected chi connectivity index (χ1v) is 12.5. The molecular formula is C30H29N5O3. The number of carbonyl (C=O) groups is 2. The number of nitrogens with zero attached hydrogens (tertiary/aromatic N) is 3. The Labute approximate surface area is 221 Å². The Kier molecular flexibility index (Phi) is 7.49. The summed E-state index contributed by atoms with van der Waals surface area (Å²) < 4.78 is 5.78. The van der Waals surface area contributed by atoms with Crippen LogP contribution in [0.25, 0.3) is 0 Å². The fourth-order valence-electron chi connectivity index (χ4n) is 4.41. The summed E-state index contributed by atoms with van der Waals surface area (Å²) >= 11 is 0. The van der Waals surface area contributed by atoms with E-state index in [1.807, 2.05) is 79.8 Å². The lowest BCUT2D eigenvalue weighted by Crippen LogP contribution is -2.39. The molecule has 0 spiro atoms. The van der Waals surface area contributed by atoms with Gasteiger partial charge in [-0.25, -0.2) is 4.79 Å². The van der Waals surface area contributed by atoms with Gasteiger partial charge in [0.1, 0.15) is 17.2 Å². The number of hydrogen-bond donors (Lipinski definition) is 2. The molecule has 1 aliphatic rings. The van der Waals surface area contributed by atoms with Crippen molar-refractivity contribution in [3.8, 4) is 11.5 Å². The molecule has 4 aromatic rings. The maximum atomic E-state index is 12.7. The van der Waals surface area contributed by atoms with Gasteiger partial charge in [-0.3, -0.25) is 9.78 Å². The number of ether oxygens (including phenoxy) is 1. The second-order valence-corrected chi connectivity index (χ2v) is 9.09. The molecule has 0 radical (unpaired) electrons. The second kappa shape index (κ2) is 11.5. The molecule has 1 unspecified atom stereocenters. The van der Waals surface area contributed by atoms with Crippen molar-refractivity contribution in [2.45, 2.75) is 12.5 Å². The molecule has 38 heavy (non-hydrogen) atoms. The summed E-state index contributed by atoms with van der Waals surface area (Å²) in [7, 11) is 1.83. The van der Waals surface area contributed by atoms with E-state index in [0.29, 0.717) is 22.8 Å². The van der Waals surface area contributed by atoms with Crippen LogP contribution >= 0.6 is 0 Å². The Morgan fingerprint density at radius 2 is 1.47 bits per heavy atom. The van der Waals surface area contributed by atoms with Crippen LogP contribution in [0.1, 0.15) is 16.9 Å². The monoisotopic (exact) mass is 507 g/mol. The van der Waals surface area contributed by atoms with Crippen molar-refractivity contribution in [1.29, 1.82) is 0 Å². The largest absolute Gasteiger partial charge is 0.457 e. The standard InChI is InChI=1S/C30H29N5O3/c1-34(29(36)28-9-5-6-19-31-28)25-18-20-35(21-25)24-14-10-22(11-15-24)32-30(37)33-23-12-16-27(17-13-23)38-26-7-3-2-4-8-26/h2-17,19,25H,18,20-21H2,1H3,(H2,32,33,37). The summed E-state index contributed by atoms with van der Waals surface area (Å²) in [5.41, 5.74) is 2.85. The van der Waals surface area contributed by atoms with Crippen LogP contribution in [0.4, 0.5) is 21.9 Å². The first-order valence-electron chi connectivity index (χ1n) is 12.5. The van der Waals surface area contributed by atoms with Crippen LogP contribution < -0.4 is 20.3 Å². The van der Waals surface area contributed by atoms with E-state index in [1.54, 1.807) is 35.4 Å². The van der Waals surface area contributed by atoms with Crippen LogP contribution in [0.5, 0.6) is 11.5 Å². The molecule has 1 saturated heterocycles. The highest BCUT2D eigenvalue weighted by Crippen LogP contribution is 2.26. The third-order valence-electron chi connectivity index (χ3n) is 6.50. The predicted molar refractivity (Wildman–Crippen MR) is 149 cm³/mol. The van der Waals surface area contributed by atoms with Gasteiger partial charge in [0.2, 0.25) is 0 Å². The Bertz CT molecular complexity index is 1360. The minimum Gasteiger partial charge on any atom is -0.457 e. The molecule has 0 saturated carbocycles. The van der Waals surface area contributed by atoms with Gasteiger partial charge >= 0.3 is 6.03 Å². The first-order chi connectivity index (χ1) is 18.5. The van der Waals surface area contributed by atoms with Crippen LogP contribution in [0, 0.1) is 0 Å². The van der Waals surface area contributed by atoms with Crippen molar-refractivity contribution in [2.24, 2.45) is 0 Å². The van der Waals surface area contributed by atoms with Gasteiger partial charge < -0.3 is 25.2 Å². The maximum Gasteiger partial charge on any atom is 0.323 e. The minimum absolute atomic E-state index is 0.0682. The molecule has 2 heterocycles. The Hall–Kier alpha value is -4.85. The highest BCUT2D eigenvalue weighted by atomic mass is 16.5. The molecule has 3 aromatic carbocycles. The number of likely N-dealkylation sites (N-methyl/N-ethyl adjacent to an activating group) is 1. The molecule has 3 amide bonds. The van der Waals surface area contributed by atoms with Crippen LogP contribution in [0.2, 0.25) is 0 Å². The second-order valence-electron chi connectivity index (χ2n) is 9.09. The molecule has 0 aliphatic carbocycles. The molecule has 1 aromatic heterocycles. The fourth-order valence-corrected chi connectivity index (χ4v) is 4.41. The lowest BCUT2D eigenvalue weighted by Gasteiger charge is -2.25. The number of aromatic nitrogens is 1. The van der Waals surface area contributed by atoms with Gasteiger partial charge in [-0.05, 0) is 79.2 Å². The Morgan fingerprint density at radius 1 is 0.842 bits per heavy atom. The number of carbonyl (C=O) groups excluding carboxylic acids is 2. The average Bonchev–Trinajstić information content (AvgIpc) is 3.45. The van der Waals surface area contributed by atoms with Gasteiger partial charge in [0.15, 0.2) is 0 Å². The zero-order valence-electron chi connectivity index (χ0n) is 21.1. The lowest BCUT2D eigenvalue weighted by molar-refractivity contribution is 0.0739. The van der Waals surface area contributed by atoms with E-state index < -0.39 is 0 Å². The molecule has 1 aliphatic heterocycles. The predicted octanol–water partition coefficient (Wildman–Crippen LogP) is 5.87. The molecule has 1 atom stereocenters. The summed E-state index contributed by atoms with van der Waals surface area (Å²) in [5, 5.41) is 5.70. The smallest absolute Gasteiger partial charge is 0.323 e. The van der Waals surface area contributed by atoms with Crippen molar-refractivity contribution in [1.82, 2.24) is 9.88 Å². The van der Waals surface area contributed by atoms with Gasteiger partial charge in [0, 0.05) is 43.4 Å². The number of para-hydroxylation sites is 1. The summed E-state index contributed by atoms with van der Waals surface area (Å²) in [6, 6.07) is 29.6. The Balaban J connectivity index is 1.11. The minimum atomic E-state index is -0.328. The molecule has 5 rings (SSSR count). The molecule has 192 valence electrons. The number of benzene rings is 3. The van der Waals surface area contributed by atoms with Crippen molar-refractivity contribution in [2.75, 3.05) is 35.7 Å². The van der Waals surface area contributed by atoms with E-state index in [2.05, 4.69) is 20.5 Å². The van der Waals surface area contributed by atoms with Gasteiger partial charge in [-0.15, -0.1) is 0 Å². The van der Waals surface area contributed by atoms with Crippen molar-refractivity contribution in [3.05, 3.63) is 109 Å². The topological polar surface area (TPSA) is 86.8 Å². The normalized spacial score (nSPS) is 14.6. The third kappa shape index (κ3) is 6.10. The van der Waals surface area contributed by atoms with Crippen LogP contribution in [0.15, 0.2) is 103 Å². The number of urea groups is 1. The number of hydrogen-bond acceptors (Lipinski definition) is 5. The van der Waals surface area contributed by atoms with Gasteiger partial charge in [-0.1, -0.05) is 24.3 Å². The summed E-state index contributed by atoms with van der Waals surface area (Å²) in [4.78, 5) is 33.4. The van der Waals surface area contributed by atoms with Crippen LogP contribution in [-0.2, 0) is 0 Å². The van der Waals surface area contributed by atoms with E-state index in [-0.39, 0.29) is 18.0 Å². The molecule has 2 N–H and O–H groups in total. The van der Waals surface area contributed by atoms with Crippen molar-refractivity contribution < 1.29 is 14.3 Å². The number of pyridine rings is 1. The van der Waals surface area contributed by atoms with Gasteiger partial charge in [0.25, 0.3) is 5.91 Å². The zero-order valence-corrected chi connectivity index (χ0v) is 21.1. The highest BCUT2D eigenvalue weighted by Gasteiger charge is 2.29.